The fraction of sp³-hybridized carbons (Fsp3) is 0.412. The number of aliphatic carboxylic acids is 1. The molecule has 116 valence electrons. The van der Waals surface area contributed by atoms with Crippen LogP contribution >= 0.6 is 0 Å². The molecule has 1 aromatic carbocycles. The van der Waals surface area contributed by atoms with Crippen molar-refractivity contribution in [1.29, 1.82) is 0 Å². The lowest BCUT2D eigenvalue weighted by Gasteiger charge is -2.18. The highest BCUT2D eigenvalue weighted by molar-refractivity contribution is 5.83. The molecule has 0 radical (unpaired) electrons. The van der Waals surface area contributed by atoms with Crippen molar-refractivity contribution in [2.75, 3.05) is 0 Å². The summed E-state index contributed by atoms with van der Waals surface area (Å²) in [5.74, 6) is -0.777. The van der Waals surface area contributed by atoms with Crippen LogP contribution in [0.15, 0.2) is 27.4 Å². The van der Waals surface area contributed by atoms with Crippen LogP contribution in [-0.4, -0.2) is 17.2 Å². The van der Waals surface area contributed by atoms with E-state index in [-0.39, 0.29) is 11.5 Å². The van der Waals surface area contributed by atoms with Gasteiger partial charge in [0.05, 0.1) is 0 Å². The SMILES string of the molecule is CC(C)C(Oc1ccc2c3c(c(=O)oc2c1)CCC3)C(=O)O. The Bertz CT molecular complexity index is 787. The van der Waals surface area contributed by atoms with E-state index in [1.807, 2.05) is 6.07 Å². The van der Waals surface area contributed by atoms with Gasteiger partial charge >= 0.3 is 11.6 Å². The summed E-state index contributed by atoms with van der Waals surface area (Å²) < 4.78 is 10.9. The number of carboxylic acids is 1. The molecule has 1 atom stereocenters. The van der Waals surface area contributed by atoms with Crippen LogP contribution in [0.5, 0.6) is 5.75 Å². The van der Waals surface area contributed by atoms with Crippen LogP contribution in [-0.2, 0) is 17.6 Å². The maximum absolute atomic E-state index is 12.0. The topological polar surface area (TPSA) is 76.7 Å². The second kappa shape index (κ2) is 5.48. The Morgan fingerprint density at radius 1 is 1.27 bits per heavy atom. The molecule has 5 nitrogen and oxygen atoms in total. The molecular weight excluding hydrogens is 284 g/mol. The normalized spacial score (nSPS) is 15.0. The minimum atomic E-state index is -1.01. The fourth-order valence-corrected chi connectivity index (χ4v) is 2.96. The number of aryl methyl sites for hydroxylation is 1. The van der Waals surface area contributed by atoms with Crippen LogP contribution in [0.3, 0.4) is 0 Å². The number of hydrogen-bond acceptors (Lipinski definition) is 4. The summed E-state index contributed by atoms with van der Waals surface area (Å²) in [6, 6.07) is 5.18. The number of hydrogen-bond donors (Lipinski definition) is 1. The highest BCUT2D eigenvalue weighted by Gasteiger charge is 2.24. The number of carboxylic acid groups (broad SMARTS) is 1. The monoisotopic (exact) mass is 302 g/mol. The second-order valence-electron chi connectivity index (χ2n) is 5.98. The lowest BCUT2D eigenvalue weighted by atomic mass is 10.1. The van der Waals surface area contributed by atoms with Gasteiger partial charge in [-0.05, 0) is 37.0 Å². The molecule has 5 heteroatoms. The minimum Gasteiger partial charge on any atom is -0.478 e. The van der Waals surface area contributed by atoms with Crippen LogP contribution < -0.4 is 10.4 Å². The Morgan fingerprint density at radius 2 is 2.00 bits per heavy atom. The minimum absolute atomic E-state index is 0.166. The van der Waals surface area contributed by atoms with Gasteiger partial charge in [0.1, 0.15) is 11.3 Å². The van der Waals surface area contributed by atoms with E-state index < -0.39 is 12.1 Å². The predicted molar refractivity (Wildman–Crippen MR) is 81.4 cm³/mol. The first-order chi connectivity index (χ1) is 10.5. The summed E-state index contributed by atoms with van der Waals surface area (Å²) in [4.78, 5) is 23.2. The van der Waals surface area contributed by atoms with Crippen molar-refractivity contribution in [2.45, 2.75) is 39.2 Å². The van der Waals surface area contributed by atoms with Crippen LogP contribution in [0.2, 0.25) is 0 Å². The molecule has 2 aromatic rings. The first kappa shape index (κ1) is 14.6. The average Bonchev–Trinajstić information content (AvgIpc) is 2.94. The molecule has 1 aliphatic rings. The molecule has 3 rings (SSSR count). The van der Waals surface area contributed by atoms with Crippen LogP contribution in [0.25, 0.3) is 11.0 Å². The number of carbonyl (C=O) groups is 1. The van der Waals surface area contributed by atoms with Crippen molar-refractivity contribution in [1.82, 2.24) is 0 Å². The molecule has 1 unspecified atom stereocenters. The van der Waals surface area contributed by atoms with Gasteiger partial charge in [0.25, 0.3) is 0 Å². The third kappa shape index (κ3) is 2.47. The Balaban J connectivity index is 2.02. The van der Waals surface area contributed by atoms with E-state index in [2.05, 4.69) is 0 Å². The Hall–Kier alpha value is -2.30. The predicted octanol–water partition coefficient (Wildman–Crippen LogP) is 2.77. The standard InChI is InChI=1S/C17H18O5/c1-9(2)15(16(18)19)21-10-6-7-12-11-4-3-5-13(11)17(20)22-14(12)8-10/h6-9,15H,3-5H2,1-2H3,(H,18,19). The van der Waals surface area contributed by atoms with Crippen molar-refractivity contribution in [2.24, 2.45) is 5.92 Å². The molecular formula is C17H18O5. The summed E-state index contributed by atoms with van der Waals surface area (Å²) in [5, 5.41) is 10.1. The third-order valence-corrected chi connectivity index (χ3v) is 4.06. The van der Waals surface area contributed by atoms with Gasteiger partial charge in [0.15, 0.2) is 6.10 Å². The lowest BCUT2D eigenvalue weighted by Crippen LogP contribution is -2.32. The zero-order valence-electron chi connectivity index (χ0n) is 12.6. The van der Waals surface area contributed by atoms with Gasteiger partial charge in [0, 0.05) is 22.9 Å². The largest absolute Gasteiger partial charge is 0.478 e. The quantitative estimate of drug-likeness (QED) is 0.879. The van der Waals surface area contributed by atoms with Crippen LogP contribution in [0, 0.1) is 5.92 Å². The molecule has 0 saturated carbocycles. The number of benzene rings is 1. The molecule has 0 amide bonds. The second-order valence-corrected chi connectivity index (χ2v) is 5.98. The zero-order chi connectivity index (χ0) is 15.9. The smallest absolute Gasteiger partial charge is 0.345 e. The van der Waals surface area contributed by atoms with Crippen LogP contribution in [0.1, 0.15) is 31.4 Å². The van der Waals surface area contributed by atoms with Gasteiger partial charge < -0.3 is 14.3 Å². The molecule has 22 heavy (non-hydrogen) atoms. The Morgan fingerprint density at radius 3 is 2.68 bits per heavy atom. The van der Waals surface area contributed by atoms with Crippen molar-refractivity contribution in [3.8, 4) is 5.75 Å². The van der Waals surface area contributed by atoms with E-state index in [4.69, 9.17) is 9.15 Å². The highest BCUT2D eigenvalue weighted by atomic mass is 16.5. The Labute approximate surface area is 127 Å². The summed E-state index contributed by atoms with van der Waals surface area (Å²) in [6.07, 6.45) is 1.67. The maximum Gasteiger partial charge on any atom is 0.345 e. The molecule has 0 bridgehead atoms. The van der Waals surface area contributed by atoms with E-state index in [9.17, 15) is 14.7 Å². The number of fused-ring (bicyclic) bond motifs is 3. The summed E-state index contributed by atoms with van der Waals surface area (Å²) in [6.45, 7) is 3.57. The first-order valence-electron chi connectivity index (χ1n) is 7.45. The third-order valence-electron chi connectivity index (χ3n) is 4.06. The van der Waals surface area contributed by atoms with Gasteiger partial charge in [-0.15, -0.1) is 0 Å². The van der Waals surface area contributed by atoms with E-state index in [1.165, 1.54) is 0 Å². The van der Waals surface area contributed by atoms with Crippen molar-refractivity contribution in [3.05, 3.63) is 39.7 Å². The fourth-order valence-electron chi connectivity index (χ4n) is 2.96. The summed E-state index contributed by atoms with van der Waals surface area (Å²) >= 11 is 0. The molecule has 1 aromatic heterocycles. The van der Waals surface area contributed by atoms with Gasteiger partial charge in [-0.1, -0.05) is 13.8 Å². The molecule has 1 heterocycles. The molecule has 0 saturated heterocycles. The maximum atomic E-state index is 12.0. The van der Waals surface area contributed by atoms with E-state index >= 15 is 0 Å². The average molecular weight is 302 g/mol. The van der Waals surface area contributed by atoms with Crippen LogP contribution in [0.4, 0.5) is 0 Å². The van der Waals surface area contributed by atoms with Gasteiger partial charge in [-0.2, -0.15) is 0 Å². The van der Waals surface area contributed by atoms with Gasteiger partial charge in [0.2, 0.25) is 0 Å². The van der Waals surface area contributed by atoms with Gasteiger partial charge in [-0.3, -0.25) is 0 Å². The zero-order valence-corrected chi connectivity index (χ0v) is 12.6. The highest BCUT2D eigenvalue weighted by Crippen LogP contribution is 2.30. The number of rotatable bonds is 4. The van der Waals surface area contributed by atoms with Crippen molar-refractivity contribution in [3.63, 3.8) is 0 Å². The van der Waals surface area contributed by atoms with E-state index in [0.717, 1.165) is 35.8 Å². The van der Waals surface area contributed by atoms with Gasteiger partial charge in [-0.25, -0.2) is 9.59 Å². The van der Waals surface area contributed by atoms with E-state index in [0.29, 0.717) is 11.3 Å². The summed E-state index contributed by atoms with van der Waals surface area (Å²) in [7, 11) is 0. The molecule has 0 fully saturated rings. The first-order valence-corrected chi connectivity index (χ1v) is 7.45. The van der Waals surface area contributed by atoms with Crippen molar-refractivity contribution >= 4 is 16.9 Å². The number of ether oxygens (including phenoxy) is 1. The lowest BCUT2D eigenvalue weighted by molar-refractivity contribution is -0.147. The van der Waals surface area contributed by atoms with Crippen molar-refractivity contribution < 1.29 is 19.1 Å². The molecule has 0 spiro atoms. The molecule has 1 aliphatic carbocycles. The van der Waals surface area contributed by atoms with E-state index in [1.54, 1.807) is 26.0 Å². The Kier molecular flexibility index (Phi) is 3.64. The molecule has 1 N–H and O–H groups in total. The molecule has 0 aliphatic heterocycles. The summed E-state index contributed by atoms with van der Waals surface area (Å²) in [5.41, 5.74) is 1.98.